The normalized spacial score (nSPS) is 11.9. The number of benzene rings is 3. The lowest BCUT2D eigenvalue weighted by molar-refractivity contribution is -0.137. The highest BCUT2D eigenvalue weighted by molar-refractivity contribution is 6.30. The fourth-order valence-corrected chi connectivity index (χ4v) is 4.60. The number of aliphatic carboxylic acids is 1. The molecular weight excluding hydrogens is 456 g/mol. The molecule has 0 saturated heterocycles. The number of rotatable bonds is 14. The van der Waals surface area contributed by atoms with Gasteiger partial charge in [-0.05, 0) is 117 Å². The van der Waals surface area contributed by atoms with E-state index >= 15 is 0 Å². The molecule has 3 aromatic rings. The summed E-state index contributed by atoms with van der Waals surface area (Å²) in [4.78, 5) is 10.6. The van der Waals surface area contributed by atoms with Crippen molar-refractivity contribution in [3.05, 3.63) is 99.6 Å². The third-order valence-corrected chi connectivity index (χ3v) is 6.85. The van der Waals surface area contributed by atoms with Gasteiger partial charge in [-0.3, -0.25) is 4.79 Å². The number of carboxylic acid groups (broad SMARTS) is 1. The minimum Gasteiger partial charge on any atom is -0.494 e. The zero-order valence-corrected chi connectivity index (χ0v) is 21.7. The molecule has 0 aliphatic heterocycles. The first-order valence-electron chi connectivity index (χ1n) is 12.7. The van der Waals surface area contributed by atoms with Crippen LogP contribution in [-0.2, 0) is 17.6 Å². The summed E-state index contributed by atoms with van der Waals surface area (Å²) in [5.41, 5.74) is 6.56. The van der Waals surface area contributed by atoms with Crippen LogP contribution in [-0.4, -0.2) is 17.7 Å². The van der Waals surface area contributed by atoms with Crippen LogP contribution in [0.15, 0.2) is 66.7 Å². The zero-order chi connectivity index (χ0) is 25.0. The van der Waals surface area contributed by atoms with Crippen molar-refractivity contribution in [1.29, 1.82) is 0 Å². The summed E-state index contributed by atoms with van der Waals surface area (Å²) in [5.74, 6) is 0.593. The first-order valence-corrected chi connectivity index (χ1v) is 13.0. The molecule has 3 aromatic carbocycles. The molecule has 0 aromatic heterocycles. The zero-order valence-electron chi connectivity index (χ0n) is 20.9. The molecule has 0 amide bonds. The Balaban J connectivity index is 1.46. The molecule has 0 radical (unpaired) electrons. The Morgan fingerprint density at radius 1 is 0.886 bits per heavy atom. The maximum atomic E-state index is 10.6. The predicted molar refractivity (Wildman–Crippen MR) is 145 cm³/mol. The molecule has 0 fully saturated rings. The Labute approximate surface area is 215 Å². The number of ether oxygens (including phenoxy) is 1. The van der Waals surface area contributed by atoms with Crippen LogP contribution in [0.3, 0.4) is 0 Å². The van der Waals surface area contributed by atoms with Crippen molar-refractivity contribution in [2.45, 2.75) is 71.1 Å². The van der Waals surface area contributed by atoms with E-state index in [1.54, 1.807) is 0 Å². The van der Waals surface area contributed by atoms with Gasteiger partial charge in [0.15, 0.2) is 0 Å². The summed E-state index contributed by atoms with van der Waals surface area (Å²) in [5, 5.41) is 9.52. The summed E-state index contributed by atoms with van der Waals surface area (Å²) in [6.07, 6.45) is 6.94. The van der Waals surface area contributed by atoms with Gasteiger partial charge in [0.05, 0.1) is 6.61 Å². The molecule has 1 N–H and O–H groups in total. The van der Waals surface area contributed by atoms with Gasteiger partial charge in [-0.2, -0.15) is 0 Å². The van der Waals surface area contributed by atoms with Crippen LogP contribution in [0, 0.1) is 13.8 Å². The van der Waals surface area contributed by atoms with Crippen LogP contribution in [0.25, 0.3) is 0 Å². The van der Waals surface area contributed by atoms with Crippen LogP contribution >= 0.6 is 11.6 Å². The second kappa shape index (κ2) is 13.9. The summed E-state index contributed by atoms with van der Waals surface area (Å²) in [6, 6.07) is 23.2. The van der Waals surface area contributed by atoms with E-state index in [4.69, 9.17) is 21.4 Å². The van der Waals surface area contributed by atoms with Crippen LogP contribution in [0.5, 0.6) is 5.75 Å². The molecule has 0 aliphatic carbocycles. The molecule has 0 bridgehead atoms. The van der Waals surface area contributed by atoms with Gasteiger partial charge < -0.3 is 9.84 Å². The number of carbonyl (C=O) groups is 1. The smallest absolute Gasteiger partial charge is 0.303 e. The third kappa shape index (κ3) is 9.41. The van der Waals surface area contributed by atoms with E-state index in [0.29, 0.717) is 18.9 Å². The summed E-state index contributed by atoms with van der Waals surface area (Å²) < 4.78 is 5.97. The number of unbranched alkanes of at least 4 members (excludes halogenated alkanes) is 2. The highest BCUT2D eigenvalue weighted by Gasteiger charge is 2.14. The fourth-order valence-electron chi connectivity index (χ4n) is 4.40. The number of halogens is 1. The Morgan fingerprint density at radius 2 is 1.66 bits per heavy atom. The number of hydrogen-bond acceptors (Lipinski definition) is 2. The van der Waals surface area contributed by atoms with Crippen molar-refractivity contribution in [3.63, 3.8) is 0 Å². The Hall–Kier alpha value is -2.78. The van der Waals surface area contributed by atoms with Crippen LogP contribution in [0.2, 0.25) is 5.02 Å². The molecule has 1 unspecified atom stereocenters. The van der Waals surface area contributed by atoms with E-state index in [1.165, 1.54) is 27.8 Å². The highest BCUT2D eigenvalue weighted by Crippen LogP contribution is 2.29. The second-order valence-electron chi connectivity index (χ2n) is 9.46. The second-order valence-corrected chi connectivity index (χ2v) is 9.90. The maximum Gasteiger partial charge on any atom is 0.303 e. The van der Waals surface area contributed by atoms with Gasteiger partial charge in [-0.1, -0.05) is 54.1 Å². The molecule has 3 nitrogen and oxygen atoms in total. The largest absolute Gasteiger partial charge is 0.494 e. The van der Waals surface area contributed by atoms with Crippen molar-refractivity contribution >= 4 is 17.6 Å². The van der Waals surface area contributed by atoms with Gasteiger partial charge in [0, 0.05) is 11.4 Å². The first kappa shape index (κ1) is 26.8. The van der Waals surface area contributed by atoms with E-state index in [0.717, 1.165) is 49.3 Å². The molecule has 0 heterocycles. The average molecular weight is 493 g/mol. The van der Waals surface area contributed by atoms with Crippen LogP contribution in [0.1, 0.15) is 72.3 Å². The van der Waals surface area contributed by atoms with Gasteiger partial charge >= 0.3 is 5.97 Å². The van der Waals surface area contributed by atoms with Crippen molar-refractivity contribution in [1.82, 2.24) is 0 Å². The number of hydrogen-bond donors (Lipinski definition) is 1. The summed E-state index contributed by atoms with van der Waals surface area (Å²) >= 11 is 6.30. The van der Waals surface area contributed by atoms with Crippen LogP contribution < -0.4 is 4.74 Å². The quantitative estimate of drug-likeness (QED) is 0.230. The fraction of sp³-hybridized carbons (Fsp3) is 0.387. The summed E-state index contributed by atoms with van der Waals surface area (Å²) in [7, 11) is 0. The lowest BCUT2D eigenvalue weighted by atomic mass is 9.87. The molecule has 35 heavy (non-hydrogen) atoms. The SMILES string of the molecule is Cc1ccc(CC(CCCCOc2ccc(CCCCC(=O)O)cc2)c2cccc(Cl)c2)cc1C. The summed E-state index contributed by atoms with van der Waals surface area (Å²) in [6.45, 7) is 5.03. The Morgan fingerprint density at radius 3 is 2.37 bits per heavy atom. The van der Waals surface area contributed by atoms with Gasteiger partial charge in [-0.25, -0.2) is 0 Å². The average Bonchev–Trinajstić information content (AvgIpc) is 2.84. The first-order chi connectivity index (χ1) is 16.9. The van der Waals surface area contributed by atoms with Crippen molar-refractivity contribution in [2.75, 3.05) is 6.61 Å². The number of carboxylic acids is 1. The Bertz CT molecular complexity index is 1070. The Kier molecular flexibility index (Phi) is 10.7. The van der Waals surface area contributed by atoms with Crippen molar-refractivity contribution < 1.29 is 14.6 Å². The monoisotopic (exact) mass is 492 g/mol. The van der Waals surface area contributed by atoms with Gasteiger partial charge in [0.2, 0.25) is 0 Å². The van der Waals surface area contributed by atoms with Gasteiger partial charge in [0.25, 0.3) is 0 Å². The lowest BCUT2D eigenvalue weighted by Gasteiger charge is -2.19. The molecule has 3 rings (SSSR count). The van der Waals surface area contributed by atoms with Crippen LogP contribution in [0.4, 0.5) is 0 Å². The molecule has 1 atom stereocenters. The highest BCUT2D eigenvalue weighted by atomic mass is 35.5. The minimum atomic E-state index is -0.724. The van der Waals surface area contributed by atoms with Gasteiger partial charge in [-0.15, -0.1) is 0 Å². The van der Waals surface area contributed by atoms with E-state index in [-0.39, 0.29) is 6.42 Å². The van der Waals surface area contributed by atoms with Gasteiger partial charge in [0.1, 0.15) is 5.75 Å². The minimum absolute atomic E-state index is 0.240. The van der Waals surface area contributed by atoms with Crippen molar-refractivity contribution in [3.8, 4) is 5.75 Å². The topological polar surface area (TPSA) is 46.5 Å². The lowest BCUT2D eigenvalue weighted by Crippen LogP contribution is -2.05. The molecular formula is C31H37ClO3. The van der Waals surface area contributed by atoms with E-state index in [9.17, 15) is 4.79 Å². The standard InChI is InChI=1S/C31H37ClO3/c1-23-13-14-26(20-24(23)2)21-27(28-10-7-11-29(32)22-28)9-5-6-19-35-30-17-15-25(16-18-30)8-3-4-12-31(33)34/h7,10-11,13-18,20,22,27H,3-6,8-9,12,19,21H2,1-2H3,(H,33,34). The van der Waals surface area contributed by atoms with E-state index < -0.39 is 5.97 Å². The van der Waals surface area contributed by atoms with Crippen molar-refractivity contribution in [2.24, 2.45) is 0 Å². The molecule has 4 heteroatoms. The van der Waals surface area contributed by atoms with E-state index in [2.05, 4.69) is 56.3 Å². The number of aryl methyl sites for hydroxylation is 3. The molecule has 186 valence electrons. The predicted octanol–water partition coefficient (Wildman–Crippen LogP) is 8.33. The van der Waals surface area contributed by atoms with E-state index in [1.807, 2.05) is 24.3 Å². The molecule has 0 spiro atoms. The maximum absolute atomic E-state index is 10.6. The third-order valence-electron chi connectivity index (χ3n) is 6.62. The molecule has 0 saturated carbocycles. The molecule has 0 aliphatic rings.